The predicted octanol–water partition coefficient (Wildman–Crippen LogP) is 5.47. The maximum Gasteiger partial charge on any atom is 0.125 e. The smallest absolute Gasteiger partial charge is 0.125 e. The van der Waals surface area contributed by atoms with E-state index in [0.29, 0.717) is 0 Å². The largest absolute Gasteiger partial charge is 0.486 e. The second-order valence-electron chi connectivity index (χ2n) is 5.89. The van der Waals surface area contributed by atoms with Crippen molar-refractivity contribution in [3.8, 4) is 16.9 Å². The molecule has 2 aromatic carbocycles. The van der Waals surface area contributed by atoms with Crippen molar-refractivity contribution < 1.29 is 4.74 Å². The van der Waals surface area contributed by atoms with Crippen molar-refractivity contribution in [1.82, 2.24) is 0 Å². The highest BCUT2D eigenvalue weighted by Crippen LogP contribution is 2.43. The summed E-state index contributed by atoms with van der Waals surface area (Å²) in [5, 5.41) is 0. The maximum atomic E-state index is 6.40. The van der Waals surface area contributed by atoms with Crippen LogP contribution in [0.1, 0.15) is 25.5 Å². The van der Waals surface area contributed by atoms with Crippen LogP contribution >= 0.6 is 44.3 Å². The molecular formula is C17H18Br2ClNO. The van der Waals surface area contributed by atoms with Crippen LogP contribution in [0.3, 0.4) is 0 Å². The first kappa shape index (κ1) is 17.8. The molecule has 1 heterocycles. The van der Waals surface area contributed by atoms with Crippen molar-refractivity contribution in [2.24, 2.45) is 5.73 Å². The average molecular weight is 448 g/mol. The lowest BCUT2D eigenvalue weighted by Gasteiger charge is -2.40. The molecule has 2 atom stereocenters. The summed E-state index contributed by atoms with van der Waals surface area (Å²) in [4.78, 5) is 0.0812. The van der Waals surface area contributed by atoms with E-state index in [-0.39, 0.29) is 28.9 Å². The molecule has 0 aliphatic carbocycles. The van der Waals surface area contributed by atoms with Gasteiger partial charge in [-0.25, -0.2) is 0 Å². The van der Waals surface area contributed by atoms with Crippen LogP contribution in [0, 0.1) is 0 Å². The van der Waals surface area contributed by atoms with E-state index in [1.165, 1.54) is 5.56 Å². The van der Waals surface area contributed by atoms with E-state index in [0.717, 1.165) is 21.3 Å². The van der Waals surface area contributed by atoms with Gasteiger partial charge < -0.3 is 10.5 Å². The summed E-state index contributed by atoms with van der Waals surface area (Å²) in [6.07, 6.45) is 0. The molecule has 0 bridgehead atoms. The topological polar surface area (TPSA) is 35.2 Å². The number of hydrogen-bond acceptors (Lipinski definition) is 2. The van der Waals surface area contributed by atoms with E-state index in [1.807, 2.05) is 18.2 Å². The molecule has 5 heteroatoms. The molecule has 22 heavy (non-hydrogen) atoms. The molecule has 118 valence electrons. The van der Waals surface area contributed by atoms with Gasteiger partial charge in [-0.1, -0.05) is 50.1 Å². The summed E-state index contributed by atoms with van der Waals surface area (Å²) >= 11 is 7.14. The molecule has 0 saturated heterocycles. The van der Waals surface area contributed by atoms with Crippen LogP contribution in [0.25, 0.3) is 11.1 Å². The highest BCUT2D eigenvalue weighted by Gasteiger charge is 2.40. The van der Waals surface area contributed by atoms with Crippen molar-refractivity contribution in [3.05, 3.63) is 52.5 Å². The molecule has 2 aromatic rings. The van der Waals surface area contributed by atoms with Gasteiger partial charge in [-0.3, -0.25) is 0 Å². The van der Waals surface area contributed by atoms with E-state index in [1.54, 1.807) is 0 Å². The Morgan fingerprint density at radius 1 is 1.05 bits per heavy atom. The molecule has 2 unspecified atom stereocenters. The lowest BCUT2D eigenvalue weighted by Crippen LogP contribution is -2.47. The molecule has 2 N–H and O–H groups in total. The maximum absolute atomic E-state index is 6.40. The third-order valence-corrected chi connectivity index (χ3v) is 6.10. The molecule has 3 rings (SSSR count). The lowest BCUT2D eigenvalue weighted by molar-refractivity contribution is 0.0825. The molecule has 0 spiro atoms. The van der Waals surface area contributed by atoms with Crippen molar-refractivity contribution in [1.29, 1.82) is 0 Å². The van der Waals surface area contributed by atoms with Gasteiger partial charge in [-0.2, -0.15) is 0 Å². The highest BCUT2D eigenvalue weighted by atomic mass is 79.9. The van der Waals surface area contributed by atoms with Crippen LogP contribution in [0.4, 0.5) is 0 Å². The van der Waals surface area contributed by atoms with E-state index < -0.39 is 0 Å². The minimum Gasteiger partial charge on any atom is -0.486 e. The second kappa shape index (κ2) is 6.52. The molecule has 0 amide bonds. The lowest BCUT2D eigenvalue weighted by atomic mass is 9.88. The zero-order valence-electron chi connectivity index (χ0n) is 12.3. The van der Waals surface area contributed by atoms with Crippen LogP contribution in [0.5, 0.6) is 5.75 Å². The Hall–Kier alpha value is -0.550. The fraction of sp³-hybridized carbons (Fsp3) is 0.294. The number of halogens is 3. The molecule has 0 radical (unpaired) electrons. The summed E-state index contributed by atoms with van der Waals surface area (Å²) in [5.41, 5.74) is 9.46. The van der Waals surface area contributed by atoms with Gasteiger partial charge in [-0.15, -0.1) is 12.4 Å². The van der Waals surface area contributed by atoms with Gasteiger partial charge >= 0.3 is 0 Å². The van der Waals surface area contributed by atoms with Gasteiger partial charge in [-0.05, 0) is 49.2 Å². The molecule has 1 aliphatic rings. The van der Waals surface area contributed by atoms with Crippen molar-refractivity contribution in [2.45, 2.75) is 30.3 Å². The fourth-order valence-electron chi connectivity index (χ4n) is 2.65. The van der Waals surface area contributed by atoms with Crippen molar-refractivity contribution >= 4 is 44.3 Å². The Morgan fingerprint density at radius 3 is 2.27 bits per heavy atom. The third-order valence-electron chi connectivity index (χ3n) is 3.90. The monoisotopic (exact) mass is 445 g/mol. The quantitative estimate of drug-likeness (QED) is 0.588. The molecule has 0 saturated carbocycles. The van der Waals surface area contributed by atoms with Gasteiger partial charge in [0.05, 0.1) is 4.83 Å². The number of ether oxygens (including phenoxy) is 1. The van der Waals surface area contributed by atoms with Crippen LogP contribution in [-0.2, 0) is 0 Å². The standard InChI is InChI=1S/C17H17Br2NO.ClH/c1-17(2)16(19)15(20)13-9-11(5-8-14(13)21-17)10-3-6-12(18)7-4-10;/h3-9,15-16H,20H2,1-2H3;1H. The first-order chi connectivity index (χ1) is 9.88. The predicted molar refractivity (Wildman–Crippen MR) is 101 cm³/mol. The first-order valence-corrected chi connectivity index (χ1v) is 8.58. The van der Waals surface area contributed by atoms with Gasteiger partial charge in [0, 0.05) is 16.1 Å². The van der Waals surface area contributed by atoms with Gasteiger partial charge in [0.1, 0.15) is 11.4 Å². The Kier molecular flexibility index (Phi) is 5.27. The van der Waals surface area contributed by atoms with Gasteiger partial charge in [0.15, 0.2) is 0 Å². The average Bonchev–Trinajstić information content (AvgIpc) is 2.45. The third kappa shape index (κ3) is 3.21. The summed E-state index contributed by atoms with van der Waals surface area (Å²) in [5.74, 6) is 0.879. The van der Waals surface area contributed by atoms with E-state index in [2.05, 4.69) is 70.0 Å². The van der Waals surface area contributed by atoms with E-state index in [9.17, 15) is 0 Å². The van der Waals surface area contributed by atoms with E-state index in [4.69, 9.17) is 10.5 Å². The van der Waals surface area contributed by atoms with Crippen LogP contribution in [-0.4, -0.2) is 10.4 Å². The van der Waals surface area contributed by atoms with Crippen molar-refractivity contribution in [3.63, 3.8) is 0 Å². The zero-order chi connectivity index (χ0) is 15.2. The number of alkyl halides is 1. The minimum absolute atomic E-state index is 0. The van der Waals surface area contributed by atoms with Crippen LogP contribution in [0.15, 0.2) is 46.9 Å². The summed E-state index contributed by atoms with van der Waals surface area (Å²) in [6, 6.07) is 14.4. The SMILES string of the molecule is CC1(C)Oc2ccc(-c3ccc(Br)cc3)cc2C(N)C1Br.Cl. The molecule has 1 aliphatic heterocycles. The highest BCUT2D eigenvalue weighted by molar-refractivity contribution is 9.10. The summed E-state index contributed by atoms with van der Waals surface area (Å²) < 4.78 is 7.15. The summed E-state index contributed by atoms with van der Waals surface area (Å²) in [6.45, 7) is 4.11. The van der Waals surface area contributed by atoms with Gasteiger partial charge in [0.25, 0.3) is 0 Å². The summed E-state index contributed by atoms with van der Waals surface area (Å²) in [7, 11) is 0. The zero-order valence-corrected chi connectivity index (χ0v) is 16.3. The number of benzene rings is 2. The van der Waals surface area contributed by atoms with Crippen LogP contribution in [0.2, 0.25) is 0 Å². The number of hydrogen-bond donors (Lipinski definition) is 1. The number of fused-ring (bicyclic) bond motifs is 1. The number of rotatable bonds is 1. The Morgan fingerprint density at radius 2 is 1.64 bits per heavy atom. The Labute approximate surface area is 154 Å². The first-order valence-electron chi connectivity index (χ1n) is 6.87. The van der Waals surface area contributed by atoms with E-state index >= 15 is 0 Å². The van der Waals surface area contributed by atoms with Gasteiger partial charge in [0.2, 0.25) is 0 Å². The minimum atomic E-state index is -0.314. The molecule has 0 aromatic heterocycles. The Bertz CT molecular complexity index is 673. The fourth-order valence-corrected chi connectivity index (χ4v) is 3.30. The Balaban J connectivity index is 0.00000176. The molecule has 2 nitrogen and oxygen atoms in total. The number of nitrogens with two attached hydrogens (primary N) is 1. The van der Waals surface area contributed by atoms with Crippen LogP contribution < -0.4 is 10.5 Å². The van der Waals surface area contributed by atoms with Crippen molar-refractivity contribution in [2.75, 3.05) is 0 Å². The second-order valence-corrected chi connectivity index (χ2v) is 7.79. The normalized spacial score (nSPS) is 22.2. The molecule has 0 fully saturated rings. The molecular weight excluding hydrogens is 429 g/mol.